The van der Waals surface area contributed by atoms with Crippen LogP contribution in [0.5, 0.6) is 0 Å². The molecule has 4 heteroatoms. The Morgan fingerprint density at radius 3 is 1.17 bits per heavy atom. The van der Waals surface area contributed by atoms with Gasteiger partial charge in [0.15, 0.2) is 0 Å². The minimum Gasteiger partial charge on any atom is -0.481 e. The van der Waals surface area contributed by atoms with Crippen LogP contribution in [-0.2, 0) is 14.3 Å². The fourth-order valence-corrected chi connectivity index (χ4v) is 7.23. The number of aliphatic carboxylic acids is 1. The van der Waals surface area contributed by atoms with Crippen molar-refractivity contribution in [3.8, 4) is 0 Å². The Hall–Kier alpha value is -1.58. The molecule has 0 radical (unpaired) electrons. The van der Waals surface area contributed by atoms with Crippen molar-refractivity contribution in [2.45, 2.75) is 270 Å². The average Bonchev–Trinajstić information content (AvgIpc) is 3.13. The van der Waals surface area contributed by atoms with Crippen molar-refractivity contribution in [1.82, 2.24) is 0 Å². The van der Waals surface area contributed by atoms with Gasteiger partial charge in [-0.2, -0.15) is 0 Å². The molecule has 0 saturated carbocycles. The van der Waals surface area contributed by atoms with Crippen molar-refractivity contribution in [2.75, 3.05) is 0 Å². The van der Waals surface area contributed by atoms with E-state index in [1.54, 1.807) is 0 Å². The molecule has 1 N–H and O–H groups in total. The van der Waals surface area contributed by atoms with Crippen LogP contribution >= 0.6 is 0 Å². The molecule has 52 heavy (non-hydrogen) atoms. The van der Waals surface area contributed by atoms with Crippen molar-refractivity contribution >= 4 is 11.9 Å². The Morgan fingerprint density at radius 2 is 0.769 bits per heavy atom. The maximum absolute atomic E-state index is 12.4. The lowest BCUT2D eigenvalue weighted by molar-refractivity contribution is -0.153. The summed E-state index contributed by atoms with van der Waals surface area (Å²) in [5, 5.41) is 9.32. The molecule has 0 aromatic rings. The molecule has 1 unspecified atom stereocenters. The number of ether oxygens (including phenoxy) is 1. The highest BCUT2D eigenvalue weighted by molar-refractivity contribution is 5.71. The summed E-state index contributed by atoms with van der Waals surface area (Å²) in [4.78, 5) is 23.8. The smallest absolute Gasteiger partial charge is 0.307 e. The second-order valence-electron chi connectivity index (χ2n) is 16.0. The van der Waals surface area contributed by atoms with E-state index in [2.05, 4.69) is 38.2 Å². The standard InChI is InChI=1S/C48H90O4/c1-3-5-7-9-11-13-15-17-19-21-23-24-26-28-30-32-34-36-38-40-42-44-48(51)52-46(45-47(49)50)43-41-39-37-35-33-31-29-27-25-22-20-18-16-14-12-10-8-6-4-2/h11,13,17,19,46H,3-10,12,14-16,18,20-45H2,1-2H3,(H,49,50)/b13-11-,19-17-. The van der Waals surface area contributed by atoms with Gasteiger partial charge < -0.3 is 9.84 Å². The molecule has 0 bridgehead atoms. The lowest BCUT2D eigenvalue weighted by atomic mass is 10.0. The highest BCUT2D eigenvalue weighted by Crippen LogP contribution is 2.18. The van der Waals surface area contributed by atoms with Crippen molar-refractivity contribution < 1.29 is 19.4 Å². The number of carbonyl (C=O) groups excluding carboxylic acids is 1. The Kier molecular flexibility index (Phi) is 42.5. The third-order valence-electron chi connectivity index (χ3n) is 10.7. The summed E-state index contributed by atoms with van der Waals surface area (Å²) in [5.41, 5.74) is 0. The van der Waals surface area contributed by atoms with Crippen LogP contribution < -0.4 is 0 Å². The lowest BCUT2D eigenvalue weighted by Crippen LogP contribution is -2.21. The molecular weight excluding hydrogens is 641 g/mol. The van der Waals surface area contributed by atoms with Crippen molar-refractivity contribution in [3.05, 3.63) is 24.3 Å². The van der Waals surface area contributed by atoms with E-state index in [9.17, 15) is 14.7 Å². The summed E-state index contributed by atoms with van der Waals surface area (Å²) in [5.74, 6) is -1.09. The third kappa shape index (κ3) is 42.8. The predicted molar refractivity (Wildman–Crippen MR) is 227 cm³/mol. The number of allylic oxidation sites excluding steroid dienone is 4. The van der Waals surface area contributed by atoms with Crippen molar-refractivity contribution in [2.24, 2.45) is 0 Å². The van der Waals surface area contributed by atoms with Gasteiger partial charge in [-0.05, 0) is 51.4 Å². The Morgan fingerprint density at radius 1 is 0.442 bits per heavy atom. The quantitative estimate of drug-likeness (QED) is 0.0385. The molecule has 306 valence electrons. The van der Waals surface area contributed by atoms with E-state index in [0.29, 0.717) is 12.8 Å². The molecule has 4 nitrogen and oxygen atoms in total. The topological polar surface area (TPSA) is 63.6 Å². The molecule has 0 saturated heterocycles. The number of carbonyl (C=O) groups is 2. The van der Waals surface area contributed by atoms with Gasteiger partial charge in [0.2, 0.25) is 0 Å². The van der Waals surface area contributed by atoms with Crippen LogP contribution in [0.25, 0.3) is 0 Å². The van der Waals surface area contributed by atoms with Crippen LogP contribution in [0.3, 0.4) is 0 Å². The number of hydrogen-bond donors (Lipinski definition) is 1. The van der Waals surface area contributed by atoms with Crippen LogP contribution in [-0.4, -0.2) is 23.1 Å². The van der Waals surface area contributed by atoms with Crippen LogP contribution in [0.15, 0.2) is 24.3 Å². The first kappa shape index (κ1) is 50.4. The largest absolute Gasteiger partial charge is 0.481 e. The molecule has 0 aromatic heterocycles. The number of carboxylic acids is 1. The zero-order chi connectivity index (χ0) is 37.8. The molecule has 0 heterocycles. The van der Waals surface area contributed by atoms with Crippen LogP contribution in [0, 0.1) is 0 Å². The van der Waals surface area contributed by atoms with E-state index < -0.39 is 12.1 Å². The van der Waals surface area contributed by atoms with Gasteiger partial charge in [-0.1, -0.05) is 224 Å². The SMILES string of the molecule is CCCCC/C=C\C/C=C\CCCCCCCCCCCCCC(=O)OC(CCCCCCCCCCCCCCCCCCCCC)CC(=O)O. The molecule has 0 aliphatic carbocycles. The molecular formula is C48H90O4. The molecule has 0 amide bonds. The molecule has 0 fully saturated rings. The van der Waals surface area contributed by atoms with E-state index in [-0.39, 0.29) is 12.4 Å². The fraction of sp³-hybridized carbons (Fsp3) is 0.875. The van der Waals surface area contributed by atoms with Crippen LogP contribution in [0.2, 0.25) is 0 Å². The second kappa shape index (κ2) is 43.8. The predicted octanol–water partition coefficient (Wildman–Crippen LogP) is 16.3. The second-order valence-corrected chi connectivity index (χ2v) is 16.0. The first-order valence-electron chi connectivity index (χ1n) is 23.3. The normalized spacial score (nSPS) is 12.3. The van der Waals surface area contributed by atoms with E-state index in [1.165, 1.54) is 199 Å². The monoisotopic (exact) mass is 731 g/mol. The average molecular weight is 731 g/mol. The van der Waals surface area contributed by atoms with Gasteiger partial charge in [-0.15, -0.1) is 0 Å². The van der Waals surface area contributed by atoms with Crippen LogP contribution in [0.1, 0.15) is 264 Å². The number of esters is 1. The first-order valence-corrected chi connectivity index (χ1v) is 23.3. The van der Waals surface area contributed by atoms with Gasteiger partial charge in [0.25, 0.3) is 0 Å². The molecule has 0 aliphatic heterocycles. The van der Waals surface area contributed by atoms with Gasteiger partial charge in [0.05, 0.1) is 6.42 Å². The summed E-state index contributed by atoms with van der Waals surface area (Å²) in [7, 11) is 0. The first-order chi connectivity index (χ1) is 25.6. The van der Waals surface area contributed by atoms with Gasteiger partial charge >= 0.3 is 11.9 Å². The van der Waals surface area contributed by atoms with E-state index in [0.717, 1.165) is 32.1 Å². The number of unbranched alkanes of at least 4 members (excludes halogenated alkanes) is 32. The van der Waals surface area contributed by atoms with Gasteiger partial charge in [0.1, 0.15) is 6.10 Å². The van der Waals surface area contributed by atoms with E-state index in [1.807, 2.05) is 0 Å². The lowest BCUT2D eigenvalue weighted by Gasteiger charge is -2.16. The van der Waals surface area contributed by atoms with Crippen molar-refractivity contribution in [3.63, 3.8) is 0 Å². The van der Waals surface area contributed by atoms with Gasteiger partial charge in [-0.25, -0.2) is 0 Å². The van der Waals surface area contributed by atoms with Crippen molar-refractivity contribution in [1.29, 1.82) is 0 Å². The highest BCUT2D eigenvalue weighted by atomic mass is 16.5. The minimum absolute atomic E-state index is 0.0705. The molecule has 0 rings (SSSR count). The van der Waals surface area contributed by atoms with E-state index in [4.69, 9.17) is 4.74 Å². The maximum atomic E-state index is 12.4. The molecule has 0 spiro atoms. The zero-order valence-electron chi connectivity index (χ0n) is 35.1. The number of rotatable bonds is 43. The molecule has 1 atom stereocenters. The Bertz CT molecular complexity index is 787. The fourth-order valence-electron chi connectivity index (χ4n) is 7.23. The van der Waals surface area contributed by atoms with Crippen LogP contribution in [0.4, 0.5) is 0 Å². The molecule has 0 aliphatic rings. The summed E-state index contributed by atoms with van der Waals surface area (Å²) in [6, 6.07) is 0. The summed E-state index contributed by atoms with van der Waals surface area (Å²) in [6.45, 7) is 4.54. The summed E-state index contributed by atoms with van der Waals surface area (Å²) < 4.78 is 5.62. The maximum Gasteiger partial charge on any atom is 0.307 e. The molecule has 0 aromatic carbocycles. The number of carboxylic acid groups (broad SMARTS) is 1. The summed E-state index contributed by atoms with van der Waals surface area (Å²) in [6.07, 6.45) is 56.5. The third-order valence-corrected chi connectivity index (χ3v) is 10.7. The zero-order valence-corrected chi connectivity index (χ0v) is 35.1. The minimum atomic E-state index is -0.875. The van der Waals surface area contributed by atoms with E-state index >= 15 is 0 Å². The Balaban J connectivity index is 3.57. The van der Waals surface area contributed by atoms with Gasteiger partial charge in [-0.3, -0.25) is 9.59 Å². The highest BCUT2D eigenvalue weighted by Gasteiger charge is 2.17. The summed E-state index contributed by atoms with van der Waals surface area (Å²) >= 11 is 0. The Labute approximate surface area is 325 Å². The number of hydrogen-bond acceptors (Lipinski definition) is 3. The van der Waals surface area contributed by atoms with Gasteiger partial charge in [0, 0.05) is 6.42 Å².